The van der Waals surface area contributed by atoms with E-state index in [4.69, 9.17) is 0 Å². The first kappa shape index (κ1) is 11.1. The van der Waals surface area contributed by atoms with E-state index in [1.165, 1.54) is 0 Å². The molecule has 4 heteroatoms. The van der Waals surface area contributed by atoms with E-state index in [9.17, 15) is 4.79 Å². The summed E-state index contributed by atoms with van der Waals surface area (Å²) in [6.45, 7) is 3.95. The van der Waals surface area contributed by atoms with Crippen LogP contribution in [0.5, 0.6) is 0 Å². The van der Waals surface area contributed by atoms with Crippen molar-refractivity contribution in [2.75, 3.05) is 0 Å². The smallest absolute Gasteiger partial charge is 0.252 e. The lowest BCUT2D eigenvalue weighted by Gasteiger charge is -2.43. The molecule has 0 saturated heterocycles. The Morgan fingerprint density at radius 1 is 1.20 bits per heavy atom. The molecule has 0 fully saturated rings. The van der Waals surface area contributed by atoms with Gasteiger partial charge in [-0.25, -0.2) is 0 Å². The molecule has 0 aromatic heterocycles. The molecule has 1 amide bonds. The number of fused-ring (bicyclic) bond motifs is 1. The number of amides is 1. The second-order valence-corrected chi connectivity index (χ2v) is 7.64. The normalized spacial score (nSPS) is 21.7. The summed E-state index contributed by atoms with van der Waals surface area (Å²) in [4.78, 5) is 11.8. The molecule has 2 nitrogen and oxygen atoms in total. The molecule has 0 spiro atoms. The zero-order valence-electron chi connectivity index (χ0n) is 8.47. The van der Waals surface area contributed by atoms with Gasteiger partial charge in [0.1, 0.15) is 3.23 Å². The van der Waals surface area contributed by atoms with Crippen molar-refractivity contribution in [3.05, 3.63) is 35.4 Å². The summed E-state index contributed by atoms with van der Waals surface area (Å²) in [6.07, 6.45) is 0. The quantitative estimate of drug-likeness (QED) is 0.726. The molecule has 1 N–H and O–H groups in total. The van der Waals surface area contributed by atoms with Crippen molar-refractivity contribution in [2.45, 2.75) is 22.6 Å². The number of carbonyl (C=O) groups excluding carboxylic acids is 1. The van der Waals surface area contributed by atoms with Crippen LogP contribution in [0.3, 0.4) is 0 Å². The highest BCUT2D eigenvalue weighted by atomic mass is 79.9. The molecule has 1 aromatic carbocycles. The van der Waals surface area contributed by atoms with Gasteiger partial charge in [-0.15, -0.1) is 0 Å². The minimum atomic E-state index is -0.419. The van der Waals surface area contributed by atoms with Gasteiger partial charge in [0, 0.05) is 5.56 Å². The highest BCUT2D eigenvalue weighted by Crippen LogP contribution is 2.50. The van der Waals surface area contributed by atoms with Gasteiger partial charge in [0.2, 0.25) is 0 Å². The predicted molar refractivity (Wildman–Crippen MR) is 67.5 cm³/mol. The molecule has 1 aliphatic heterocycles. The highest BCUT2D eigenvalue weighted by Gasteiger charge is 2.48. The highest BCUT2D eigenvalue weighted by molar-refractivity contribution is 9.24. The van der Waals surface area contributed by atoms with Crippen molar-refractivity contribution in [1.82, 2.24) is 5.32 Å². The number of nitrogens with one attached hydrogen (secondary N) is 1. The SMILES string of the molecule is CC1(C)NC(=O)c2ccccc2C1(Br)Br. The Morgan fingerprint density at radius 3 is 2.47 bits per heavy atom. The lowest BCUT2D eigenvalue weighted by atomic mass is 9.87. The summed E-state index contributed by atoms with van der Waals surface area (Å²) < 4.78 is -0.419. The maximum atomic E-state index is 11.8. The van der Waals surface area contributed by atoms with Crippen molar-refractivity contribution in [3.63, 3.8) is 0 Å². The first-order chi connectivity index (χ1) is 6.86. The fraction of sp³-hybridized carbons (Fsp3) is 0.364. The minimum Gasteiger partial charge on any atom is -0.345 e. The van der Waals surface area contributed by atoms with Crippen LogP contribution < -0.4 is 5.32 Å². The zero-order valence-corrected chi connectivity index (χ0v) is 11.6. The van der Waals surface area contributed by atoms with Crippen LogP contribution in [0.15, 0.2) is 24.3 Å². The molecule has 80 valence electrons. The molecule has 0 radical (unpaired) electrons. The van der Waals surface area contributed by atoms with Gasteiger partial charge < -0.3 is 5.32 Å². The molecule has 0 atom stereocenters. The summed E-state index contributed by atoms with van der Waals surface area (Å²) in [5.41, 5.74) is 1.31. The van der Waals surface area contributed by atoms with E-state index in [0.717, 1.165) is 5.56 Å². The summed E-state index contributed by atoms with van der Waals surface area (Å²) in [7, 11) is 0. The molecule has 0 bridgehead atoms. The fourth-order valence-corrected chi connectivity index (χ4v) is 2.61. The average molecular weight is 333 g/mol. The van der Waals surface area contributed by atoms with E-state index in [0.29, 0.717) is 5.56 Å². The molecule has 1 aliphatic rings. The van der Waals surface area contributed by atoms with Crippen LogP contribution in [0.1, 0.15) is 29.8 Å². The third-order valence-corrected chi connectivity index (χ3v) is 5.56. The Labute approximate surface area is 106 Å². The van der Waals surface area contributed by atoms with Crippen LogP contribution in [0.2, 0.25) is 0 Å². The Balaban J connectivity index is 2.68. The van der Waals surface area contributed by atoms with E-state index in [-0.39, 0.29) is 11.4 Å². The van der Waals surface area contributed by atoms with Gasteiger partial charge in [-0.1, -0.05) is 50.1 Å². The van der Waals surface area contributed by atoms with Crippen LogP contribution in [0.25, 0.3) is 0 Å². The van der Waals surface area contributed by atoms with Crippen molar-refractivity contribution in [1.29, 1.82) is 0 Å². The molecular weight excluding hydrogens is 322 g/mol. The number of alkyl halides is 2. The Hall–Kier alpha value is -0.350. The van der Waals surface area contributed by atoms with E-state index in [1.54, 1.807) is 0 Å². The number of halogens is 2. The molecule has 1 heterocycles. The van der Waals surface area contributed by atoms with Crippen LogP contribution >= 0.6 is 31.9 Å². The van der Waals surface area contributed by atoms with Crippen LogP contribution in [0.4, 0.5) is 0 Å². The van der Waals surface area contributed by atoms with E-state index in [2.05, 4.69) is 37.2 Å². The van der Waals surface area contributed by atoms with Crippen molar-refractivity contribution in [2.24, 2.45) is 0 Å². The summed E-state index contributed by atoms with van der Waals surface area (Å²) in [5, 5.41) is 2.97. The summed E-state index contributed by atoms with van der Waals surface area (Å²) >= 11 is 7.28. The van der Waals surface area contributed by atoms with Crippen molar-refractivity contribution in [3.8, 4) is 0 Å². The molecule has 15 heavy (non-hydrogen) atoms. The van der Waals surface area contributed by atoms with E-state index < -0.39 is 3.23 Å². The minimum absolute atomic E-state index is 0.0230. The summed E-state index contributed by atoms with van der Waals surface area (Å²) in [5.74, 6) is -0.0230. The lowest BCUT2D eigenvalue weighted by molar-refractivity contribution is 0.0891. The Morgan fingerprint density at radius 2 is 1.80 bits per heavy atom. The third kappa shape index (κ3) is 1.54. The predicted octanol–water partition coefficient (Wildman–Crippen LogP) is 3.15. The van der Waals surface area contributed by atoms with Crippen LogP contribution in [0, 0.1) is 0 Å². The summed E-state index contributed by atoms with van der Waals surface area (Å²) in [6, 6.07) is 7.59. The maximum Gasteiger partial charge on any atom is 0.252 e. The van der Waals surface area contributed by atoms with Crippen LogP contribution in [-0.2, 0) is 3.23 Å². The third-order valence-electron chi connectivity index (χ3n) is 2.72. The van der Waals surface area contributed by atoms with Crippen molar-refractivity contribution < 1.29 is 4.79 Å². The van der Waals surface area contributed by atoms with E-state index in [1.807, 2.05) is 38.1 Å². The molecule has 2 rings (SSSR count). The van der Waals surface area contributed by atoms with E-state index >= 15 is 0 Å². The fourth-order valence-electron chi connectivity index (χ4n) is 1.72. The van der Waals surface area contributed by atoms with Crippen LogP contribution in [-0.4, -0.2) is 11.4 Å². The standard InChI is InChI=1S/C11H11Br2NO/c1-10(2)11(12,13)8-6-4-3-5-7(8)9(15)14-10/h3-6H,1-2H3,(H,14,15). The van der Waals surface area contributed by atoms with Gasteiger partial charge in [-0.3, -0.25) is 4.79 Å². The second-order valence-electron chi connectivity index (χ2n) is 4.20. The van der Waals surface area contributed by atoms with Gasteiger partial charge in [0.15, 0.2) is 0 Å². The number of benzene rings is 1. The zero-order chi connectivity index (χ0) is 11.3. The molecule has 1 aromatic rings. The van der Waals surface area contributed by atoms with Gasteiger partial charge in [0.25, 0.3) is 5.91 Å². The molecular formula is C11H11Br2NO. The van der Waals surface area contributed by atoms with Gasteiger partial charge in [-0.05, 0) is 25.5 Å². The monoisotopic (exact) mass is 331 g/mol. The first-order valence-corrected chi connectivity index (χ1v) is 6.25. The molecule has 0 saturated carbocycles. The number of hydrogen-bond donors (Lipinski definition) is 1. The molecule has 0 unspecified atom stereocenters. The number of rotatable bonds is 0. The number of carbonyl (C=O) groups is 1. The van der Waals surface area contributed by atoms with Gasteiger partial charge >= 0.3 is 0 Å². The average Bonchev–Trinajstić information content (AvgIpc) is 2.15. The molecule has 0 aliphatic carbocycles. The largest absolute Gasteiger partial charge is 0.345 e. The van der Waals surface area contributed by atoms with Gasteiger partial charge in [0.05, 0.1) is 5.54 Å². The Kier molecular flexibility index (Phi) is 2.47. The maximum absolute atomic E-state index is 11.8. The topological polar surface area (TPSA) is 29.1 Å². The second kappa shape index (κ2) is 3.32. The van der Waals surface area contributed by atoms with Gasteiger partial charge in [-0.2, -0.15) is 0 Å². The number of hydrogen-bond acceptors (Lipinski definition) is 1. The Bertz CT molecular complexity index is 426. The lowest BCUT2D eigenvalue weighted by Crippen LogP contribution is -2.57. The first-order valence-electron chi connectivity index (χ1n) is 4.66. The van der Waals surface area contributed by atoms with Crippen molar-refractivity contribution >= 4 is 37.8 Å².